The van der Waals surface area contributed by atoms with Gasteiger partial charge in [-0.3, -0.25) is 0 Å². The minimum atomic E-state index is -0.315. The van der Waals surface area contributed by atoms with Crippen LogP contribution >= 0.6 is 23.8 Å². The van der Waals surface area contributed by atoms with E-state index < -0.39 is 0 Å². The zero-order valence-electron chi connectivity index (χ0n) is 18.1. The molecular formula is C24H24ClFN4OS. The molecule has 0 saturated heterocycles. The zero-order valence-corrected chi connectivity index (χ0v) is 19.7. The highest BCUT2D eigenvalue weighted by Crippen LogP contribution is 2.37. The average Bonchev–Trinajstić information content (AvgIpc) is 3.23. The van der Waals surface area contributed by atoms with Gasteiger partial charge < -0.3 is 14.7 Å². The summed E-state index contributed by atoms with van der Waals surface area (Å²) in [4.78, 5) is 6.72. The second kappa shape index (κ2) is 9.38. The van der Waals surface area contributed by atoms with Gasteiger partial charge in [0.25, 0.3) is 5.89 Å². The number of benzene rings is 2. The van der Waals surface area contributed by atoms with Crippen LogP contribution < -0.4 is 5.32 Å². The summed E-state index contributed by atoms with van der Waals surface area (Å²) in [6.07, 6.45) is 0.989. The van der Waals surface area contributed by atoms with Gasteiger partial charge in [-0.1, -0.05) is 42.7 Å². The summed E-state index contributed by atoms with van der Waals surface area (Å²) in [5.74, 6) is 1.02. The molecule has 1 N–H and O–H groups in total. The first-order valence-electron chi connectivity index (χ1n) is 10.5. The van der Waals surface area contributed by atoms with E-state index in [9.17, 15) is 4.39 Å². The zero-order chi connectivity index (χ0) is 22.8. The highest BCUT2D eigenvalue weighted by atomic mass is 35.5. The van der Waals surface area contributed by atoms with E-state index in [2.05, 4.69) is 34.2 Å². The Bertz CT molecular complexity index is 1140. The van der Waals surface area contributed by atoms with E-state index in [1.54, 1.807) is 12.1 Å². The maximum atomic E-state index is 13.3. The molecule has 5 nitrogen and oxygen atoms in total. The van der Waals surface area contributed by atoms with E-state index >= 15 is 0 Å². The fraction of sp³-hybridized carbons (Fsp3) is 0.292. The Kier molecular flexibility index (Phi) is 6.58. The smallest absolute Gasteiger partial charge is 0.258 e. The fourth-order valence-electron chi connectivity index (χ4n) is 3.67. The van der Waals surface area contributed by atoms with Crippen molar-refractivity contribution in [3.8, 4) is 11.4 Å². The molecule has 1 unspecified atom stereocenters. The molecule has 32 heavy (non-hydrogen) atoms. The number of halogens is 2. The van der Waals surface area contributed by atoms with Gasteiger partial charge in [-0.25, -0.2) is 4.39 Å². The van der Waals surface area contributed by atoms with E-state index in [-0.39, 0.29) is 11.9 Å². The van der Waals surface area contributed by atoms with Gasteiger partial charge >= 0.3 is 0 Å². The lowest BCUT2D eigenvalue weighted by atomic mass is 9.94. The van der Waals surface area contributed by atoms with Crippen LogP contribution in [0.15, 0.2) is 58.8 Å². The number of hydrogen-bond acceptors (Lipinski definition) is 4. The van der Waals surface area contributed by atoms with Gasteiger partial charge in [0.1, 0.15) is 5.82 Å². The molecule has 0 spiro atoms. The van der Waals surface area contributed by atoms with E-state index in [4.69, 9.17) is 28.3 Å². The molecule has 1 aliphatic rings. The van der Waals surface area contributed by atoms with Crippen molar-refractivity contribution in [1.29, 1.82) is 0 Å². The highest BCUT2D eigenvalue weighted by molar-refractivity contribution is 7.80. The van der Waals surface area contributed by atoms with E-state index in [1.165, 1.54) is 12.1 Å². The third-order valence-electron chi connectivity index (χ3n) is 5.49. The van der Waals surface area contributed by atoms with Gasteiger partial charge in [0.15, 0.2) is 5.11 Å². The van der Waals surface area contributed by atoms with Crippen molar-refractivity contribution in [2.45, 2.75) is 33.2 Å². The highest BCUT2D eigenvalue weighted by Gasteiger charge is 2.34. The predicted molar refractivity (Wildman–Crippen MR) is 128 cm³/mol. The molecule has 0 amide bonds. The molecule has 1 aliphatic heterocycles. The number of thiocarbonyl (C=S) groups is 1. The third kappa shape index (κ3) is 4.69. The number of allylic oxidation sites excluding steroid dienone is 1. The predicted octanol–water partition coefficient (Wildman–Crippen LogP) is 6.24. The van der Waals surface area contributed by atoms with Gasteiger partial charge in [0, 0.05) is 22.8 Å². The molecule has 3 aromatic rings. The monoisotopic (exact) mass is 470 g/mol. The topological polar surface area (TPSA) is 54.2 Å². The lowest BCUT2D eigenvalue weighted by Gasteiger charge is -2.37. The largest absolute Gasteiger partial charge is 0.351 e. The first kappa shape index (κ1) is 22.4. The molecule has 2 aromatic carbocycles. The van der Waals surface area contributed by atoms with Crippen LogP contribution in [0.3, 0.4) is 0 Å². The van der Waals surface area contributed by atoms with Crippen LogP contribution in [0.5, 0.6) is 0 Å². The van der Waals surface area contributed by atoms with Gasteiger partial charge in [0.2, 0.25) is 5.82 Å². The Labute approximate surface area is 197 Å². The summed E-state index contributed by atoms with van der Waals surface area (Å²) in [5.41, 5.74) is 3.48. The fourth-order valence-corrected chi connectivity index (χ4v) is 4.14. The molecule has 2 heterocycles. The van der Waals surface area contributed by atoms with Crippen molar-refractivity contribution in [2.75, 3.05) is 6.54 Å². The summed E-state index contributed by atoms with van der Waals surface area (Å²) >= 11 is 11.8. The lowest BCUT2D eigenvalue weighted by molar-refractivity contribution is 0.390. The standard InChI is InChI=1S/C24H24ClFN4OS/c1-14(2)12-13-30-15(3)20(21(27-24(30)32)16-4-8-18(25)9-5-16)23-28-22(29-31-23)17-6-10-19(26)11-7-17/h4-11,14,21H,12-13H2,1-3H3,(H,27,32). The Balaban J connectivity index is 1.78. The maximum absolute atomic E-state index is 13.3. The van der Waals surface area contributed by atoms with Crippen LogP contribution in [0.25, 0.3) is 17.0 Å². The normalized spacial score (nSPS) is 16.6. The number of hydrogen-bond donors (Lipinski definition) is 1. The first-order valence-corrected chi connectivity index (χ1v) is 11.3. The molecule has 0 saturated carbocycles. The van der Waals surface area contributed by atoms with Crippen molar-refractivity contribution in [1.82, 2.24) is 20.4 Å². The molecule has 4 rings (SSSR count). The van der Waals surface area contributed by atoms with Crippen molar-refractivity contribution >= 4 is 34.5 Å². The second-order valence-corrected chi connectivity index (χ2v) is 9.02. The van der Waals surface area contributed by atoms with Gasteiger partial charge in [-0.2, -0.15) is 4.98 Å². The van der Waals surface area contributed by atoms with E-state index in [1.807, 2.05) is 31.2 Å². The minimum absolute atomic E-state index is 0.267. The van der Waals surface area contributed by atoms with Crippen LogP contribution in [0, 0.1) is 11.7 Å². The molecule has 0 radical (unpaired) electrons. The van der Waals surface area contributed by atoms with Crippen LogP contribution in [0.1, 0.15) is 44.7 Å². The van der Waals surface area contributed by atoms with Crippen LogP contribution in [0.4, 0.5) is 4.39 Å². The molecule has 0 bridgehead atoms. The Morgan fingerprint density at radius 1 is 1.16 bits per heavy atom. The summed E-state index contributed by atoms with van der Waals surface area (Å²) in [6, 6.07) is 13.3. The molecular weight excluding hydrogens is 447 g/mol. The number of nitrogens with zero attached hydrogens (tertiary/aromatic N) is 3. The van der Waals surface area contributed by atoms with Crippen molar-refractivity contribution in [3.05, 3.63) is 76.5 Å². The lowest BCUT2D eigenvalue weighted by Crippen LogP contribution is -2.46. The summed E-state index contributed by atoms with van der Waals surface area (Å²) in [6.45, 7) is 7.17. The average molecular weight is 471 g/mol. The molecule has 1 atom stereocenters. The Hall–Kier alpha value is -2.77. The molecule has 1 aromatic heterocycles. The molecule has 0 fully saturated rings. The third-order valence-corrected chi connectivity index (χ3v) is 6.08. The summed E-state index contributed by atoms with van der Waals surface area (Å²) in [7, 11) is 0. The molecule has 166 valence electrons. The van der Waals surface area contributed by atoms with E-state index in [0.29, 0.717) is 33.3 Å². The molecule has 8 heteroatoms. The first-order chi connectivity index (χ1) is 15.3. The maximum Gasteiger partial charge on any atom is 0.258 e. The summed E-state index contributed by atoms with van der Waals surface area (Å²) < 4.78 is 19.0. The van der Waals surface area contributed by atoms with Crippen molar-refractivity contribution in [2.24, 2.45) is 5.92 Å². The van der Waals surface area contributed by atoms with Gasteiger partial charge in [0.05, 0.1) is 11.6 Å². The SMILES string of the molecule is CC1=C(c2nc(-c3ccc(F)cc3)no2)C(c2ccc(Cl)cc2)NC(=S)N1CCC(C)C. The number of rotatable bonds is 6. The minimum Gasteiger partial charge on any atom is -0.351 e. The van der Waals surface area contributed by atoms with Crippen molar-refractivity contribution < 1.29 is 8.91 Å². The number of aromatic nitrogens is 2. The Morgan fingerprint density at radius 3 is 2.50 bits per heavy atom. The molecule has 0 aliphatic carbocycles. The van der Waals surface area contributed by atoms with Crippen molar-refractivity contribution in [3.63, 3.8) is 0 Å². The number of nitrogens with one attached hydrogen (secondary N) is 1. The quantitative estimate of drug-likeness (QED) is 0.430. The summed E-state index contributed by atoms with van der Waals surface area (Å²) in [5, 5.41) is 8.90. The van der Waals surface area contributed by atoms with Crippen LogP contribution in [-0.2, 0) is 0 Å². The van der Waals surface area contributed by atoms with Crippen LogP contribution in [-0.4, -0.2) is 26.7 Å². The van der Waals surface area contributed by atoms with Gasteiger partial charge in [-0.15, -0.1) is 0 Å². The van der Waals surface area contributed by atoms with Crippen LogP contribution in [0.2, 0.25) is 5.02 Å². The Morgan fingerprint density at radius 2 is 1.84 bits per heavy atom. The van der Waals surface area contributed by atoms with Gasteiger partial charge in [-0.05, 0) is 73.4 Å². The van der Waals surface area contributed by atoms with E-state index in [0.717, 1.165) is 29.8 Å². The second-order valence-electron chi connectivity index (χ2n) is 8.20.